The molecule has 0 aliphatic rings. The van der Waals surface area contributed by atoms with Crippen LogP contribution in [-0.4, -0.2) is 59.0 Å². The van der Waals surface area contributed by atoms with Crippen LogP contribution in [-0.2, 0) is 9.59 Å². The lowest BCUT2D eigenvalue weighted by Crippen LogP contribution is -2.44. The Hall–Kier alpha value is -1.89. The van der Waals surface area contributed by atoms with E-state index in [0.29, 0.717) is 18.0 Å². The first-order valence-electron chi connectivity index (χ1n) is 10.2. The molecule has 1 aromatic rings. The zero-order valence-electron chi connectivity index (χ0n) is 17.6. The Balaban J connectivity index is 2.64. The lowest BCUT2D eigenvalue weighted by Gasteiger charge is -2.29. The zero-order chi connectivity index (χ0) is 20.2. The average Bonchev–Trinajstić information content (AvgIpc) is 3.05. The van der Waals surface area contributed by atoms with Gasteiger partial charge in [-0.1, -0.05) is 32.3 Å². The van der Waals surface area contributed by atoms with Crippen molar-refractivity contribution in [2.75, 3.05) is 31.5 Å². The Labute approximate surface area is 163 Å². The minimum atomic E-state index is -0.247. The van der Waals surface area contributed by atoms with Gasteiger partial charge in [-0.15, -0.1) is 0 Å². The molecule has 0 unspecified atom stereocenters. The van der Waals surface area contributed by atoms with Crippen molar-refractivity contribution < 1.29 is 14.1 Å². The van der Waals surface area contributed by atoms with Gasteiger partial charge >= 0.3 is 0 Å². The van der Waals surface area contributed by atoms with E-state index in [-0.39, 0.29) is 24.4 Å². The Morgan fingerprint density at radius 1 is 1.22 bits per heavy atom. The third-order valence-electron chi connectivity index (χ3n) is 4.80. The quantitative estimate of drug-likeness (QED) is 0.567. The maximum atomic E-state index is 12.6. The summed E-state index contributed by atoms with van der Waals surface area (Å²) in [5.41, 5.74) is 0. The maximum Gasteiger partial charge on any atom is 0.245 e. The van der Waals surface area contributed by atoms with E-state index in [4.69, 9.17) is 4.52 Å². The molecular weight excluding hydrogens is 344 g/mol. The number of unbranched alkanes of at least 4 members (excludes halogenated alkanes) is 1. The smallest absolute Gasteiger partial charge is 0.245 e. The van der Waals surface area contributed by atoms with Crippen molar-refractivity contribution in [2.24, 2.45) is 0 Å². The van der Waals surface area contributed by atoms with Crippen molar-refractivity contribution in [3.8, 4) is 0 Å². The van der Waals surface area contributed by atoms with E-state index in [1.165, 1.54) is 0 Å². The van der Waals surface area contributed by atoms with E-state index in [2.05, 4.69) is 36.1 Å². The highest BCUT2D eigenvalue weighted by atomic mass is 16.5. The van der Waals surface area contributed by atoms with Gasteiger partial charge in [-0.05, 0) is 52.7 Å². The van der Waals surface area contributed by atoms with Gasteiger partial charge in [0.25, 0.3) is 0 Å². The molecule has 0 radical (unpaired) electrons. The number of nitrogens with zero attached hydrogens (tertiary/aromatic N) is 3. The van der Waals surface area contributed by atoms with Crippen LogP contribution in [0.1, 0.15) is 65.6 Å². The summed E-state index contributed by atoms with van der Waals surface area (Å²) in [5, 5.41) is 6.48. The molecule has 154 valence electrons. The number of aromatic nitrogens is 1. The minimum absolute atomic E-state index is 0.0229. The zero-order valence-corrected chi connectivity index (χ0v) is 17.6. The fourth-order valence-electron chi connectivity index (χ4n) is 3.03. The molecule has 27 heavy (non-hydrogen) atoms. The first-order valence-corrected chi connectivity index (χ1v) is 10.2. The molecule has 1 heterocycles. The fraction of sp³-hybridized carbons (Fsp3) is 0.750. The molecule has 1 rings (SSSR count). The van der Waals surface area contributed by atoms with Crippen LogP contribution in [0.15, 0.2) is 10.6 Å². The number of rotatable bonds is 13. The molecule has 2 amide bonds. The van der Waals surface area contributed by atoms with Crippen LogP contribution in [0.5, 0.6) is 0 Å². The number of nitrogens with one attached hydrogen (secondary N) is 1. The summed E-state index contributed by atoms with van der Waals surface area (Å²) in [7, 11) is 0. The third kappa shape index (κ3) is 8.56. The van der Waals surface area contributed by atoms with Crippen LogP contribution in [0.25, 0.3) is 0 Å². The van der Waals surface area contributed by atoms with Crippen molar-refractivity contribution >= 4 is 17.6 Å². The van der Waals surface area contributed by atoms with Gasteiger partial charge in [0.05, 0.1) is 0 Å². The van der Waals surface area contributed by atoms with E-state index in [1.54, 1.807) is 17.9 Å². The van der Waals surface area contributed by atoms with Crippen molar-refractivity contribution in [3.05, 3.63) is 11.8 Å². The van der Waals surface area contributed by atoms with Crippen LogP contribution in [0.3, 0.4) is 0 Å². The Morgan fingerprint density at radius 3 is 2.48 bits per heavy atom. The van der Waals surface area contributed by atoms with E-state index >= 15 is 0 Å². The second-order valence-corrected chi connectivity index (χ2v) is 7.01. The van der Waals surface area contributed by atoms with Gasteiger partial charge in [0.2, 0.25) is 11.8 Å². The van der Waals surface area contributed by atoms with Gasteiger partial charge in [-0.3, -0.25) is 9.59 Å². The van der Waals surface area contributed by atoms with Gasteiger partial charge < -0.3 is 19.6 Å². The molecule has 0 bridgehead atoms. The maximum absolute atomic E-state index is 12.6. The Morgan fingerprint density at radius 2 is 1.93 bits per heavy atom. The topological polar surface area (TPSA) is 78.7 Å². The summed E-state index contributed by atoms with van der Waals surface area (Å²) in [6.45, 7) is 13.3. The van der Waals surface area contributed by atoms with E-state index in [1.807, 2.05) is 6.92 Å². The first-order chi connectivity index (χ1) is 12.9. The highest BCUT2D eigenvalue weighted by Gasteiger charge is 2.23. The second-order valence-electron chi connectivity index (χ2n) is 7.01. The van der Waals surface area contributed by atoms with Gasteiger partial charge in [0, 0.05) is 18.5 Å². The summed E-state index contributed by atoms with van der Waals surface area (Å²) in [4.78, 5) is 29.1. The van der Waals surface area contributed by atoms with Gasteiger partial charge in [0.15, 0.2) is 5.82 Å². The summed E-state index contributed by atoms with van der Waals surface area (Å²) < 4.78 is 4.97. The van der Waals surface area contributed by atoms with Crippen molar-refractivity contribution in [1.82, 2.24) is 15.0 Å². The van der Waals surface area contributed by atoms with E-state index < -0.39 is 0 Å². The molecule has 0 aliphatic carbocycles. The number of aryl methyl sites for hydroxylation is 1. The SMILES string of the molecule is CCCCC(=O)N(CC(=O)Nc1cc(C)on1)[C@H](C)CCCN(CC)CC. The predicted molar refractivity (Wildman–Crippen MR) is 108 cm³/mol. The van der Waals surface area contributed by atoms with Crippen molar-refractivity contribution in [3.63, 3.8) is 0 Å². The van der Waals surface area contributed by atoms with E-state index in [0.717, 1.165) is 45.3 Å². The standard InChI is InChI=1S/C20H36N4O3/c1-6-9-12-20(26)24(16(4)11-10-13-23(7-2)8-3)15-19(25)21-18-14-17(5)27-22-18/h14,16H,6-13,15H2,1-5H3,(H,21,22,25)/t16-/m1/s1. The lowest BCUT2D eigenvalue weighted by molar-refractivity contribution is -0.137. The number of anilines is 1. The van der Waals surface area contributed by atoms with Crippen LogP contribution >= 0.6 is 0 Å². The van der Waals surface area contributed by atoms with Crippen LogP contribution < -0.4 is 5.32 Å². The van der Waals surface area contributed by atoms with Gasteiger partial charge in [-0.2, -0.15) is 0 Å². The Kier molecular flexibility index (Phi) is 10.7. The fourth-order valence-corrected chi connectivity index (χ4v) is 3.03. The lowest BCUT2D eigenvalue weighted by atomic mass is 10.1. The molecule has 0 fully saturated rings. The third-order valence-corrected chi connectivity index (χ3v) is 4.80. The molecule has 1 N–H and O–H groups in total. The molecule has 1 atom stereocenters. The summed E-state index contributed by atoms with van der Waals surface area (Å²) in [6, 6.07) is 1.68. The number of carbonyl (C=O) groups excluding carboxylic acids is 2. The number of carbonyl (C=O) groups is 2. The molecule has 0 spiro atoms. The second kappa shape index (κ2) is 12.5. The predicted octanol–water partition coefficient (Wildman–Crippen LogP) is 3.45. The molecule has 7 nitrogen and oxygen atoms in total. The molecule has 0 saturated carbocycles. The highest BCUT2D eigenvalue weighted by Crippen LogP contribution is 2.13. The summed E-state index contributed by atoms with van der Waals surface area (Å²) in [5.74, 6) is 0.806. The monoisotopic (exact) mass is 380 g/mol. The molecular formula is C20H36N4O3. The van der Waals surface area contributed by atoms with E-state index in [9.17, 15) is 9.59 Å². The largest absolute Gasteiger partial charge is 0.360 e. The molecule has 1 aromatic heterocycles. The summed E-state index contributed by atoms with van der Waals surface area (Å²) >= 11 is 0. The molecule has 0 aromatic carbocycles. The molecule has 0 saturated heterocycles. The van der Waals surface area contributed by atoms with Gasteiger partial charge in [-0.25, -0.2) is 0 Å². The summed E-state index contributed by atoms with van der Waals surface area (Å²) in [6.07, 6.45) is 4.16. The number of amides is 2. The minimum Gasteiger partial charge on any atom is -0.360 e. The Bertz CT molecular complexity index is 569. The van der Waals surface area contributed by atoms with Crippen molar-refractivity contribution in [1.29, 1.82) is 0 Å². The van der Waals surface area contributed by atoms with Crippen LogP contribution in [0.2, 0.25) is 0 Å². The van der Waals surface area contributed by atoms with Crippen LogP contribution in [0.4, 0.5) is 5.82 Å². The number of hydrogen-bond acceptors (Lipinski definition) is 5. The van der Waals surface area contributed by atoms with Crippen molar-refractivity contribution in [2.45, 2.75) is 72.8 Å². The first kappa shape index (κ1) is 23.1. The van der Waals surface area contributed by atoms with Crippen LogP contribution in [0, 0.1) is 6.92 Å². The number of hydrogen-bond donors (Lipinski definition) is 1. The normalized spacial score (nSPS) is 12.2. The highest BCUT2D eigenvalue weighted by molar-refractivity contribution is 5.93. The average molecular weight is 381 g/mol. The molecule has 7 heteroatoms. The van der Waals surface area contributed by atoms with Gasteiger partial charge in [0.1, 0.15) is 12.3 Å². The molecule has 0 aliphatic heterocycles.